The molecule has 0 fully saturated rings. The van der Waals surface area contributed by atoms with Crippen LogP contribution in [0.4, 0.5) is 5.69 Å². The van der Waals surface area contributed by atoms with E-state index in [9.17, 15) is 0 Å². The fraction of sp³-hybridized carbons (Fsp3) is 0.455. The monoisotopic (exact) mass is 211 g/mol. The Kier molecular flexibility index (Phi) is 3.66. The Hall–Kier alpha value is -1.58. The van der Waals surface area contributed by atoms with Crippen LogP contribution in [0.1, 0.15) is 13.8 Å². The Morgan fingerprint density at radius 2 is 1.53 bits per heavy atom. The van der Waals surface area contributed by atoms with E-state index in [2.05, 4.69) is 0 Å². The summed E-state index contributed by atoms with van der Waals surface area (Å²) in [5.74, 6) is 1.75. The number of hydrogen-bond donors (Lipinski definition) is 1. The Morgan fingerprint density at radius 3 is 1.87 bits per heavy atom. The first-order valence-electron chi connectivity index (χ1n) is 4.76. The average molecular weight is 211 g/mol. The Morgan fingerprint density at radius 1 is 1.07 bits per heavy atom. The summed E-state index contributed by atoms with van der Waals surface area (Å²) in [4.78, 5) is 0. The average Bonchev–Trinajstić information content (AvgIpc) is 2.19. The molecule has 1 aromatic rings. The van der Waals surface area contributed by atoms with Crippen molar-refractivity contribution in [2.24, 2.45) is 0 Å². The quantitative estimate of drug-likeness (QED) is 0.775. The fourth-order valence-electron chi connectivity index (χ4n) is 1.25. The molecule has 2 N–H and O–H groups in total. The smallest absolute Gasteiger partial charge is 0.203 e. The number of ether oxygens (including phenoxy) is 3. The summed E-state index contributed by atoms with van der Waals surface area (Å²) in [5.41, 5.74) is 6.28. The standard InChI is InChI=1S/C11H17NO3/c1-7(2)15-11-9(13-3)5-8(12)6-10(11)14-4/h5-7H,12H2,1-4H3. The highest BCUT2D eigenvalue weighted by Crippen LogP contribution is 2.39. The third-order valence-corrected chi connectivity index (χ3v) is 1.84. The van der Waals surface area contributed by atoms with Gasteiger partial charge in [0.25, 0.3) is 0 Å². The van der Waals surface area contributed by atoms with E-state index < -0.39 is 0 Å². The zero-order chi connectivity index (χ0) is 11.4. The van der Waals surface area contributed by atoms with Gasteiger partial charge < -0.3 is 19.9 Å². The second-order valence-corrected chi connectivity index (χ2v) is 3.42. The van der Waals surface area contributed by atoms with Gasteiger partial charge in [0.15, 0.2) is 11.5 Å². The highest BCUT2D eigenvalue weighted by atomic mass is 16.5. The van der Waals surface area contributed by atoms with Gasteiger partial charge in [0.2, 0.25) is 5.75 Å². The van der Waals surface area contributed by atoms with E-state index in [0.29, 0.717) is 22.9 Å². The first kappa shape index (κ1) is 11.5. The van der Waals surface area contributed by atoms with Crippen molar-refractivity contribution < 1.29 is 14.2 Å². The maximum Gasteiger partial charge on any atom is 0.203 e. The van der Waals surface area contributed by atoms with E-state index in [-0.39, 0.29) is 6.10 Å². The lowest BCUT2D eigenvalue weighted by Gasteiger charge is -2.17. The lowest BCUT2D eigenvalue weighted by Crippen LogP contribution is -2.08. The summed E-state index contributed by atoms with van der Waals surface area (Å²) < 4.78 is 16.0. The lowest BCUT2D eigenvalue weighted by molar-refractivity contribution is 0.218. The van der Waals surface area contributed by atoms with Gasteiger partial charge in [-0.3, -0.25) is 0 Å². The summed E-state index contributed by atoms with van der Waals surface area (Å²) in [6.07, 6.45) is 0.0522. The molecule has 1 rings (SSSR count). The molecule has 0 saturated carbocycles. The molecule has 0 radical (unpaired) electrons. The molecule has 0 heterocycles. The van der Waals surface area contributed by atoms with Gasteiger partial charge in [0.1, 0.15) is 0 Å². The van der Waals surface area contributed by atoms with E-state index in [4.69, 9.17) is 19.9 Å². The highest BCUT2D eigenvalue weighted by molar-refractivity contribution is 5.60. The molecule has 1 aromatic carbocycles. The minimum Gasteiger partial charge on any atom is -0.493 e. The van der Waals surface area contributed by atoms with Gasteiger partial charge >= 0.3 is 0 Å². The zero-order valence-electron chi connectivity index (χ0n) is 9.53. The maximum absolute atomic E-state index is 5.69. The summed E-state index contributed by atoms with van der Waals surface area (Å²) in [6, 6.07) is 3.42. The Bertz CT molecular complexity index is 312. The number of rotatable bonds is 4. The molecule has 0 spiro atoms. The van der Waals surface area contributed by atoms with Crippen LogP contribution in [0.2, 0.25) is 0 Å². The van der Waals surface area contributed by atoms with Crippen LogP contribution in [0, 0.1) is 0 Å². The van der Waals surface area contributed by atoms with Crippen LogP contribution in [0.15, 0.2) is 12.1 Å². The van der Waals surface area contributed by atoms with Gasteiger partial charge in [-0.25, -0.2) is 0 Å². The summed E-state index contributed by atoms with van der Waals surface area (Å²) in [7, 11) is 3.14. The Labute approximate surface area is 89.9 Å². The molecule has 0 atom stereocenters. The molecule has 0 bridgehead atoms. The number of nitrogens with two attached hydrogens (primary N) is 1. The predicted molar refractivity (Wildman–Crippen MR) is 59.7 cm³/mol. The van der Waals surface area contributed by atoms with Crippen LogP contribution in [-0.4, -0.2) is 20.3 Å². The molecule has 0 aliphatic heterocycles. The molecule has 0 unspecified atom stereocenters. The molecule has 4 nitrogen and oxygen atoms in total. The second kappa shape index (κ2) is 4.77. The maximum atomic E-state index is 5.69. The SMILES string of the molecule is COc1cc(N)cc(OC)c1OC(C)C. The summed E-state index contributed by atoms with van der Waals surface area (Å²) in [5, 5.41) is 0. The van der Waals surface area contributed by atoms with Crippen LogP contribution in [-0.2, 0) is 0 Å². The van der Waals surface area contributed by atoms with Crippen LogP contribution in [0.5, 0.6) is 17.2 Å². The number of hydrogen-bond acceptors (Lipinski definition) is 4. The third-order valence-electron chi connectivity index (χ3n) is 1.84. The normalized spacial score (nSPS) is 10.2. The number of methoxy groups -OCH3 is 2. The van der Waals surface area contributed by atoms with Crippen molar-refractivity contribution in [3.05, 3.63) is 12.1 Å². The molecule has 0 saturated heterocycles. The molecule has 0 aromatic heterocycles. The van der Waals surface area contributed by atoms with E-state index in [1.54, 1.807) is 26.4 Å². The van der Waals surface area contributed by atoms with Crippen LogP contribution in [0.3, 0.4) is 0 Å². The topological polar surface area (TPSA) is 53.7 Å². The fourth-order valence-corrected chi connectivity index (χ4v) is 1.25. The molecular weight excluding hydrogens is 194 g/mol. The molecule has 0 amide bonds. The van der Waals surface area contributed by atoms with Gasteiger partial charge in [0, 0.05) is 17.8 Å². The predicted octanol–water partition coefficient (Wildman–Crippen LogP) is 2.07. The first-order valence-corrected chi connectivity index (χ1v) is 4.76. The van der Waals surface area contributed by atoms with E-state index in [0.717, 1.165) is 0 Å². The minimum absolute atomic E-state index is 0.0522. The van der Waals surface area contributed by atoms with Crippen molar-refractivity contribution >= 4 is 5.69 Å². The van der Waals surface area contributed by atoms with Crippen molar-refractivity contribution in [2.75, 3.05) is 20.0 Å². The molecule has 84 valence electrons. The molecular formula is C11H17NO3. The summed E-state index contributed by atoms with van der Waals surface area (Å²) >= 11 is 0. The second-order valence-electron chi connectivity index (χ2n) is 3.42. The third kappa shape index (κ3) is 2.68. The van der Waals surface area contributed by atoms with Crippen molar-refractivity contribution in [3.63, 3.8) is 0 Å². The highest BCUT2D eigenvalue weighted by Gasteiger charge is 2.14. The van der Waals surface area contributed by atoms with Crippen molar-refractivity contribution in [3.8, 4) is 17.2 Å². The Balaban J connectivity index is 3.18. The number of anilines is 1. The minimum atomic E-state index is 0.0522. The van der Waals surface area contributed by atoms with E-state index in [1.807, 2.05) is 13.8 Å². The largest absolute Gasteiger partial charge is 0.493 e. The van der Waals surface area contributed by atoms with Gasteiger partial charge in [-0.15, -0.1) is 0 Å². The van der Waals surface area contributed by atoms with Crippen LogP contribution in [0.25, 0.3) is 0 Å². The number of nitrogen functional groups attached to an aromatic ring is 1. The molecule has 0 aliphatic rings. The lowest BCUT2D eigenvalue weighted by atomic mass is 10.2. The van der Waals surface area contributed by atoms with Crippen molar-refractivity contribution in [1.82, 2.24) is 0 Å². The van der Waals surface area contributed by atoms with Crippen molar-refractivity contribution in [1.29, 1.82) is 0 Å². The van der Waals surface area contributed by atoms with E-state index >= 15 is 0 Å². The van der Waals surface area contributed by atoms with Gasteiger partial charge in [-0.05, 0) is 13.8 Å². The van der Waals surface area contributed by atoms with Gasteiger partial charge in [0.05, 0.1) is 20.3 Å². The van der Waals surface area contributed by atoms with Crippen LogP contribution >= 0.6 is 0 Å². The van der Waals surface area contributed by atoms with Gasteiger partial charge in [-0.1, -0.05) is 0 Å². The molecule has 0 aliphatic carbocycles. The number of benzene rings is 1. The first-order chi connectivity index (χ1) is 7.08. The van der Waals surface area contributed by atoms with E-state index in [1.165, 1.54) is 0 Å². The van der Waals surface area contributed by atoms with Gasteiger partial charge in [-0.2, -0.15) is 0 Å². The van der Waals surface area contributed by atoms with Crippen molar-refractivity contribution in [2.45, 2.75) is 20.0 Å². The van der Waals surface area contributed by atoms with Crippen LogP contribution < -0.4 is 19.9 Å². The molecule has 15 heavy (non-hydrogen) atoms. The molecule has 4 heteroatoms. The summed E-state index contributed by atoms with van der Waals surface area (Å²) in [6.45, 7) is 3.88. The zero-order valence-corrected chi connectivity index (χ0v) is 9.53.